The highest BCUT2D eigenvalue weighted by Gasteiger charge is 2.22. The average molecular weight is 487 g/mol. The normalized spacial score (nSPS) is 14.2. The van der Waals surface area contributed by atoms with Gasteiger partial charge in [0.2, 0.25) is 11.8 Å². The van der Waals surface area contributed by atoms with Crippen molar-refractivity contribution < 1.29 is 39.3 Å². The van der Waals surface area contributed by atoms with Gasteiger partial charge in [0.05, 0.1) is 4.36 Å². The number of hydrogen-bond donors (Lipinski definition) is 8. The summed E-state index contributed by atoms with van der Waals surface area (Å²) in [6.45, 7) is -0.619. The number of amides is 2. The molecule has 0 aromatic rings. The number of hydrogen-bond acceptors (Lipinski definition) is 9. The van der Waals surface area contributed by atoms with E-state index in [1.165, 1.54) is 0 Å². The maximum atomic E-state index is 12.0. The molecule has 2 amide bonds. The highest BCUT2D eigenvalue weighted by molar-refractivity contribution is 8.04. The minimum atomic E-state index is -1.26. The van der Waals surface area contributed by atoms with Gasteiger partial charge < -0.3 is 37.0 Å². The number of thioether (sulfide) groups is 1. The van der Waals surface area contributed by atoms with Gasteiger partial charge in [-0.05, 0) is 6.42 Å². The summed E-state index contributed by atoms with van der Waals surface area (Å²) in [5.41, 5.74) is 5.33. The van der Waals surface area contributed by atoms with Crippen LogP contribution in [0, 0.1) is 0 Å². The number of thiol groups is 1. The van der Waals surface area contributed by atoms with Crippen LogP contribution in [0.5, 0.6) is 0 Å². The quantitative estimate of drug-likeness (QED) is 0.126. The van der Waals surface area contributed by atoms with E-state index >= 15 is 0 Å². The molecule has 0 heterocycles. The molecule has 0 spiro atoms. The summed E-state index contributed by atoms with van der Waals surface area (Å²) < 4.78 is 0.0765. The van der Waals surface area contributed by atoms with Gasteiger partial charge in [0.25, 0.3) is 0 Å². The predicted octanol–water partition coefficient (Wildman–Crippen LogP) is -1.39. The second kappa shape index (κ2) is 14.8. The van der Waals surface area contributed by atoms with E-state index < -0.39 is 54.4 Å². The molecule has 0 aliphatic carbocycles. The van der Waals surface area contributed by atoms with E-state index in [2.05, 4.69) is 28.6 Å². The summed E-state index contributed by atoms with van der Waals surface area (Å²) in [7, 11) is 0. The maximum Gasteiger partial charge on any atom is 0.326 e. The minimum absolute atomic E-state index is 0.0262. The monoisotopic (exact) mass is 486 g/mol. The Morgan fingerprint density at radius 2 is 1.73 bits per heavy atom. The van der Waals surface area contributed by atoms with Gasteiger partial charge in [0.1, 0.15) is 24.7 Å². The van der Waals surface area contributed by atoms with Crippen molar-refractivity contribution in [1.82, 2.24) is 16.0 Å². The standard InChI is InChI=1S/C15H23ClN4O8S2/c16-10(30-6-7(17)14(25)26)3-18-8(15(27)28)1-2-11(21)20-9(5-29)13(24)19-4-12(22)23/h3,7-9,18,29H,1-2,4-6,17H2,(H,19,24)(H,20,21)(H,22,23)(H,25,26)(H,27,28)/t7-,8-,9-/m0/s1. The van der Waals surface area contributed by atoms with Crippen molar-refractivity contribution in [1.29, 1.82) is 0 Å². The van der Waals surface area contributed by atoms with Crippen molar-refractivity contribution in [3.63, 3.8) is 0 Å². The Morgan fingerprint density at radius 1 is 1.10 bits per heavy atom. The van der Waals surface area contributed by atoms with E-state index in [4.69, 9.17) is 27.5 Å². The molecular weight excluding hydrogens is 464 g/mol. The number of rotatable bonds is 15. The molecule has 8 N–H and O–H groups in total. The first-order valence-corrected chi connectivity index (χ1v) is 10.3. The minimum Gasteiger partial charge on any atom is -0.480 e. The fourth-order valence-electron chi connectivity index (χ4n) is 1.75. The van der Waals surface area contributed by atoms with E-state index in [-0.39, 0.29) is 28.7 Å². The van der Waals surface area contributed by atoms with Gasteiger partial charge in [-0.15, -0.1) is 11.8 Å². The van der Waals surface area contributed by atoms with Crippen LogP contribution >= 0.6 is 36.0 Å². The van der Waals surface area contributed by atoms with Crippen molar-refractivity contribution in [2.75, 3.05) is 18.1 Å². The van der Waals surface area contributed by atoms with Crippen molar-refractivity contribution in [2.24, 2.45) is 5.73 Å². The first-order chi connectivity index (χ1) is 14.0. The van der Waals surface area contributed by atoms with E-state index in [9.17, 15) is 29.1 Å². The molecule has 30 heavy (non-hydrogen) atoms. The molecule has 0 saturated carbocycles. The number of nitrogens with two attached hydrogens (primary N) is 1. The molecule has 0 unspecified atom stereocenters. The van der Waals surface area contributed by atoms with Gasteiger partial charge in [-0.1, -0.05) is 11.6 Å². The van der Waals surface area contributed by atoms with Crippen LogP contribution in [0.25, 0.3) is 0 Å². The molecule has 12 nitrogen and oxygen atoms in total. The Hall–Kier alpha value is -2.16. The Balaban J connectivity index is 4.60. The first kappa shape index (κ1) is 27.8. The van der Waals surface area contributed by atoms with Crippen LogP contribution in [-0.2, 0) is 24.0 Å². The summed E-state index contributed by atoms with van der Waals surface area (Å²) in [4.78, 5) is 56.2. The van der Waals surface area contributed by atoms with Gasteiger partial charge in [-0.2, -0.15) is 12.6 Å². The van der Waals surface area contributed by atoms with Gasteiger partial charge in [-0.3, -0.25) is 19.2 Å². The average Bonchev–Trinajstić information content (AvgIpc) is 2.67. The maximum absolute atomic E-state index is 12.0. The molecule has 0 fully saturated rings. The largest absolute Gasteiger partial charge is 0.480 e. The summed E-state index contributed by atoms with van der Waals surface area (Å²) in [5.74, 6) is -5.21. The molecule has 3 atom stereocenters. The molecule has 0 aliphatic heterocycles. The van der Waals surface area contributed by atoms with Gasteiger partial charge in [0, 0.05) is 24.1 Å². The van der Waals surface area contributed by atoms with Crippen LogP contribution < -0.4 is 21.7 Å². The fraction of sp³-hybridized carbons (Fsp3) is 0.533. The fourth-order valence-corrected chi connectivity index (χ4v) is 2.89. The molecule has 15 heteroatoms. The zero-order valence-corrected chi connectivity index (χ0v) is 18.0. The molecule has 0 bridgehead atoms. The molecule has 0 saturated heterocycles. The molecule has 0 aromatic carbocycles. The predicted molar refractivity (Wildman–Crippen MR) is 112 cm³/mol. The summed E-state index contributed by atoms with van der Waals surface area (Å²) in [6.07, 6.45) is 0.744. The van der Waals surface area contributed by atoms with Crippen LogP contribution in [-0.4, -0.2) is 81.2 Å². The Kier molecular flexibility index (Phi) is 13.7. The lowest BCUT2D eigenvalue weighted by Crippen LogP contribution is -2.49. The lowest BCUT2D eigenvalue weighted by Gasteiger charge is -2.17. The Morgan fingerprint density at radius 3 is 2.23 bits per heavy atom. The zero-order valence-electron chi connectivity index (χ0n) is 15.5. The van der Waals surface area contributed by atoms with E-state index in [0.29, 0.717) is 0 Å². The lowest BCUT2D eigenvalue weighted by molar-refractivity contribution is -0.140. The molecule has 0 aliphatic rings. The second-order valence-corrected chi connectivity index (χ2v) is 7.77. The third kappa shape index (κ3) is 12.4. The Bertz CT molecular complexity index is 679. The van der Waals surface area contributed by atoms with Gasteiger partial charge in [0.15, 0.2) is 0 Å². The highest BCUT2D eigenvalue weighted by Crippen LogP contribution is 2.19. The molecular formula is C15H23ClN4O8S2. The smallest absolute Gasteiger partial charge is 0.326 e. The molecule has 0 radical (unpaired) electrons. The van der Waals surface area contributed by atoms with E-state index in [0.717, 1.165) is 18.0 Å². The first-order valence-electron chi connectivity index (χ1n) is 8.33. The van der Waals surface area contributed by atoms with E-state index in [1.54, 1.807) is 0 Å². The van der Waals surface area contributed by atoms with Crippen molar-refractivity contribution >= 4 is 65.7 Å². The number of aliphatic carboxylic acids is 3. The highest BCUT2D eigenvalue weighted by atomic mass is 35.5. The number of halogens is 1. The lowest BCUT2D eigenvalue weighted by atomic mass is 10.1. The number of nitrogens with one attached hydrogen (secondary N) is 3. The third-order valence-corrected chi connectivity index (χ3v) is 5.04. The zero-order chi connectivity index (χ0) is 23.3. The van der Waals surface area contributed by atoms with Gasteiger partial charge >= 0.3 is 17.9 Å². The summed E-state index contributed by atoms with van der Waals surface area (Å²) >= 11 is 10.7. The summed E-state index contributed by atoms with van der Waals surface area (Å²) in [6, 6.07) is -3.40. The van der Waals surface area contributed by atoms with Crippen LogP contribution in [0.4, 0.5) is 0 Å². The molecule has 170 valence electrons. The van der Waals surface area contributed by atoms with Crippen molar-refractivity contribution in [2.45, 2.75) is 31.0 Å². The topological polar surface area (TPSA) is 208 Å². The van der Waals surface area contributed by atoms with Crippen molar-refractivity contribution in [3.8, 4) is 0 Å². The van der Waals surface area contributed by atoms with Gasteiger partial charge in [-0.25, -0.2) is 4.79 Å². The van der Waals surface area contributed by atoms with Crippen LogP contribution in [0.15, 0.2) is 10.6 Å². The van der Waals surface area contributed by atoms with E-state index in [1.807, 2.05) is 0 Å². The third-order valence-electron chi connectivity index (χ3n) is 3.32. The number of carboxylic acids is 3. The SMILES string of the molecule is N[C@@H](CSC(Cl)=CN[C@@H](CCC(=O)N[C@@H](CS)C(=O)NCC(=O)O)C(=O)O)C(=O)O. The Labute approximate surface area is 186 Å². The number of carbonyl (C=O) groups excluding carboxylic acids is 2. The van der Waals surface area contributed by atoms with Crippen LogP contribution in [0.1, 0.15) is 12.8 Å². The number of carbonyl (C=O) groups is 5. The number of carboxylic acid groups (broad SMARTS) is 3. The molecule has 0 aromatic heterocycles. The van der Waals surface area contributed by atoms with Crippen LogP contribution in [0.3, 0.4) is 0 Å². The van der Waals surface area contributed by atoms with Crippen molar-refractivity contribution in [3.05, 3.63) is 10.6 Å². The summed E-state index contributed by atoms with van der Waals surface area (Å²) in [5, 5.41) is 33.4. The second-order valence-electron chi connectivity index (χ2n) is 5.71. The molecule has 0 rings (SSSR count). The van der Waals surface area contributed by atoms with Crippen LogP contribution in [0.2, 0.25) is 0 Å².